The average Bonchev–Trinajstić information content (AvgIpc) is 3.16. The molecule has 2 atom stereocenters. The molecule has 1 aliphatic carbocycles. The number of hydrogen-bond donors (Lipinski definition) is 2. The van der Waals surface area contributed by atoms with Gasteiger partial charge in [0.15, 0.2) is 0 Å². The predicted octanol–water partition coefficient (Wildman–Crippen LogP) is 1.91. The SMILES string of the molecule is CCO[C@H]1CN(C)C[C@@H]1NC(=O)c1cn[nH]c1C1CCCCC1. The molecule has 0 bridgehead atoms. The second kappa shape index (κ2) is 7.45. The van der Waals surface area contributed by atoms with Gasteiger partial charge in [0.25, 0.3) is 5.91 Å². The molecule has 0 unspecified atom stereocenters. The minimum Gasteiger partial charge on any atom is -0.375 e. The highest BCUT2D eigenvalue weighted by Gasteiger charge is 2.33. The highest BCUT2D eigenvalue weighted by molar-refractivity contribution is 5.95. The van der Waals surface area contributed by atoms with E-state index < -0.39 is 0 Å². The van der Waals surface area contributed by atoms with E-state index in [9.17, 15) is 4.79 Å². The molecule has 2 fully saturated rings. The molecule has 1 aromatic rings. The summed E-state index contributed by atoms with van der Waals surface area (Å²) in [7, 11) is 2.06. The molecular weight excluding hydrogens is 292 g/mol. The Morgan fingerprint density at radius 1 is 1.39 bits per heavy atom. The molecule has 2 aliphatic rings. The second-order valence-electron chi connectivity index (χ2n) is 6.83. The van der Waals surface area contributed by atoms with Gasteiger partial charge in [0.1, 0.15) is 0 Å². The van der Waals surface area contributed by atoms with E-state index in [-0.39, 0.29) is 18.1 Å². The minimum absolute atomic E-state index is 0.0238. The van der Waals surface area contributed by atoms with Gasteiger partial charge in [-0.25, -0.2) is 0 Å². The molecule has 128 valence electrons. The highest BCUT2D eigenvalue weighted by Crippen LogP contribution is 2.33. The predicted molar refractivity (Wildman–Crippen MR) is 88.6 cm³/mol. The van der Waals surface area contributed by atoms with Crippen LogP contribution >= 0.6 is 0 Å². The van der Waals surface area contributed by atoms with Gasteiger partial charge in [-0.2, -0.15) is 5.10 Å². The number of nitrogens with zero attached hydrogens (tertiary/aromatic N) is 2. The molecule has 2 heterocycles. The van der Waals surface area contributed by atoms with E-state index in [1.807, 2.05) is 6.92 Å². The van der Waals surface area contributed by atoms with Crippen molar-refractivity contribution in [3.63, 3.8) is 0 Å². The maximum absolute atomic E-state index is 12.7. The van der Waals surface area contributed by atoms with E-state index in [0.717, 1.165) is 31.6 Å². The van der Waals surface area contributed by atoms with Gasteiger partial charge in [-0.3, -0.25) is 9.89 Å². The van der Waals surface area contributed by atoms with Crippen LogP contribution in [0.25, 0.3) is 0 Å². The standard InChI is InChI=1S/C17H28N4O2/c1-3-23-15-11-21(2)10-14(15)19-17(22)13-9-18-20-16(13)12-7-5-4-6-8-12/h9,12,14-15H,3-8,10-11H2,1-2H3,(H,18,20)(H,19,22)/t14-,15-/m0/s1. The fourth-order valence-corrected chi connectivity index (χ4v) is 3.91. The quantitative estimate of drug-likeness (QED) is 0.869. The number of nitrogens with one attached hydrogen (secondary N) is 2. The van der Waals surface area contributed by atoms with Crippen LogP contribution in [0.2, 0.25) is 0 Å². The summed E-state index contributed by atoms with van der Waals surface area (Å²) in [6.07, 6.45) is 7.82. The Balaban J connectivity index is 1.67. The summed E-state index contributed by atoms with van der Waals surface area (Å²) in [5.74, 6) is 0.422. The molecule has 0 radical (unpaired) electrons. The summed E-state index contributed by atoms with van der Waals surface area (Å²) in [5.41, 5.74) is 1.73. The molecule has 1 aliphatic heterocycles. The Kier molecular flexibility index (Phi) is 5.33. The molecule has 1 aromatic heterocycles. The number of carbonyl (C=O) groups is 1. The van der Waals surface area contributed by atoms with Crippen molar-refractivity contribution in [3.05, 3.63) is 17.5 Å². The Bertz CT molecular complexity index is 524. The highest BCUT2D eigenvalue weighted by atomic mass is 16.5. The smallest absolute Gasteiger partial charge is 0.255 e. The largest absolute Gasteiger partial charge is 0.375 e. The Hall–Kier alpha value is -1.40. The first-order chi connectivity index (χ1) is 11.2. The zero-order valence-electron chi connectivity index (χ0n) is 14.2. The maximum atomic E-state index is 12.7. The summed E-state index contributed by atoms with van der Waals surface area (Å²) in [6.45, 7) is 4.35. The normalized spacial score (nSPS) is 26.5. The first kappa shape index (κ1) is 16.5. The fourth-order valence-electron chi connectivity index (χ4n) is 3.91. The van der Waals surface area contributed by atoms with Crippen LogP contribution in [-0.2, 0) is 4.74 Å². The fraction of sp³-hybridized carbons (Fsp3) is 0.765. The van der Waals surface area contributed by atoms with E-state index in [1.165, 1.54) is 19.3 Å². The van der Waals surface area contributed by atoms with Crippen molar-refractivity contribution in [1.29, 1.82) is 0 Å². The minimum atomic E-state index is -0.0238. The van der Waals surface area contributed by atoms with Gasteiger partial charge in [0.05, 0.1) is 29.6 Å². The monoisotopic (exact) mass is 320 g/mol. The number of likely N-dealkylation sites (tertiary alicyclic amines) is 1. The maximum Gasteiger partial charge on any atom is 0.255 e. The van der Waals surface area contributed by atoms with Gasteiger partial charge >= 0.3 is 0 Å². The summed E-state index contributed by atoms with van der Waals surface area (Å²) in [4.78, 5) is 14.9. The van der Waals surface area contributed by atoms with E-state index in [4.69, 9.17) is 4.74 Å². The van der Waals surface area contributed by atoms with Gasteiger partial charge in [0, 0.05) is 25.6 Å². The molecule has 2 N–H and O–H groups in total. The zero-order chi connectivity index (χ0) is 16.2. The van der Waals surface area contributed by atoms with Gasteiger partial charge in [0.2, 0.25) is 0 Å². The van der Waals surface area contributed by atoms with Crippen LogP contribution in [0.1, 0.15) is 61.0 Å². The van der Waals surface area contributed by atoms with Crippen LogP contribution in [-0.4, -0.2) is 59.9 Å². The number of likely N-dealkylation sites (N-methyl/N-ethyl adjacent to an activating group) is 1. The van der Waals surface area contributed by atoms with Crippen molar-refractivity contribution >= 4 is 5.91 Å². The number of ether oxygens (including phenoxy) is 1. The van der Waals surface area contributed by atoms with Gasteiger partial charge in [-0.15, -0.1) is 0 Å². The van der Waals surface area contributed by atoms with Gasteiger partial charge in [-0.1, -0.05) is 19.3 Å². The lowest BCUT2D eigenvalue weighted by molar-refractivity contribution is 0.0513. The zero-order valence-corrected chi connectivity index (χ0v) is 14.2. The molecule has 3 rings (SSSR count). The third-order valence-corrected chi connectivity index (χ3v) is 5.07. The molecule has 0 aromatic carbocycles. The van der Waals surface area contributed by atoms with Crippen LogP contribution in [0, 0.1) is 0 Å². The number of hydrogen-bond acceptors (Lipinski definition) is 4. The lowest BCUT2D eigenvalue weighted by atomic mass is 9.85. The van der Waals surface area contributed by atoms with Crippen LogP contribution < -0.4 is 5.32 Å². The lowest BCUT2D eigenvalue weighted by Crippen LogP contribution is -2.44. The van der Waals surface area contributed by atoms with Crippen LogP contribution in [0.3, 0.4) is 0 Å². The van der Waals surface area contributed by atoms with Crippen LogP contribution in [0.5, 0.6) is 0 Å². The third kappa shape index (κ3) is 3.75. The molecule has 6 nitrogen and oxygen atoms in total. The van der Waals surface area contributed by atoms with Crippen molar-refractivity contribution in [2.45, 2.75) is 57.1 Å². The third-order valence-electron chi connectivity index (χ3n) is 5.07. The van der Waals surface area contributed by atoms with Crippen LogP contribution in [0.15, 0.2) is 6.20 Å². The molecule has 23 heavy (non-hydrogen) atoms. The Morgan fingerprint density at radius 2 is 2.17 bits per heavy atom. The number of H-pyrrole nitrogens is 1. The first-order valence-electron chi connectivity index (χ1n) is 8.83. The number of rotatable bonds is 5. The summed E-state index contributed by atoms with van der Waals surface area (Å²) in [5, 5.41) is 10.4. The number of carbonyl (C=O) groups excluding carboxylic acids is 1. The number of amides is 1. The van der Waals surface area contributed by atoms with Crippen molar-refractivity contribution in [1.82, 2.24) is 20.4 Å². The topological polar surface area (TPSA) is 70.2 Å². The summed E-state index contributed by atoms with van der Waals surface area (Å²) < 4.78 is 5.77. The molecule has 1 saturated carbocycles. The van der Waals surface area contributed by atoms with E-state index in [1.54, 1.807) is 6.20 Å². The number of aromatic amines is 1. The van der Waals surface area contributed by atoms with Crippen molar-refractivity contribution in [2.24, 2.45) is 0 Å². The first-order valence-corrected chi connectivity index (χ1v) is 8.83. The second-order valence-corrected chi connectivity index (χ2v) is 6.83. The van der Waals surface area contributed by atoms with E-state index >= 15 is 0 Å². The Morgan fingerprint density at radius 3 is 2.91 bits per heavy atom. The van der Waals surface area contributed by atoms with E-state index in [0.29, 0.717) is 18.1 Å². The molecule has 0 spiro atoms. The molecule has 6 heteroatoms. The van der Waals surface area contributed by atoms with Crippen molar-refractivity contribution in [3.8, 4) is 0 Å². The van der Waals surface area contributed by atoms with E-state index in [2.05, 4.69) is 27.5 Å². The van der Waals surface area contributed by atoms with Gasteiger partial charge in [-0.05, 0) is 26.8 Å². The van der Waals surface area contributed by atoms with Gasteiger partial charge < -0.3 is 15.0 Å². The average molecular weight is 320 g/mol. The van der Waals surface area contributed by atoms with Crippen LogP contribution in [0.4, 0.5) is 0 Å². The van der Waals surface area contributed by atoms with Crippen molar-refractivity contribution < 1.29 is 9.53 Å². The molecule has 1 amide bonds. The summed E-state index contributed by atoms with van der Waals surface area (Å²) >= 11 is 0. The lowest BCUT2D eigenvalue weighted by Gasteiger charge is -2.23. The van der Waals surface area contributed by atoms with Crippen molar-refractivity contribution in [2.75, 3.05) is 26.7 Å². The molecular formula is C17H28N4O2. The summed E-state index contributed by atoms with van der Waals surface area (Å²) in [6, 6.07) is 0.0431. The Labute approximate surface area is 138 Å². The molecule has 1 saturated heterocycles. The number of aromatic nitrogens is 2.